The van der Waals surface area contributed by atoms with E-state index in [2.05, 4.69) is 20.9 Å². The second kappa shape index (κ2) is 7.52. The van der Waals surface area contributed by atoms with Crippen LogP contribution in [0.4, 0.5) is 0 Å². The van der Waals surface area contributed by atoms with Crippen LogP contribution in [0, 0.1) is 0 Å². The van der Waals surface area contributed by atoms with E-state index in [9.17, 15) is 4.79 Å². The zero-order valence-corrected chi connectivity index (χ0v) is 13.8. The number of hydrogen-bond acceptors (Lipinski definition) is 4. The Morgan fingerprint density at radius 1 is 1.33 bits per heavy atom. The number of hydrogen-bond donors (Lipinski definition) is 0. The Kier molecular flexibility index (Phi) is 5.70. The monoisotopic (exact) mass is 351 g/mol. The van der Waals surface area contributed by atoms with Crippen LogP contribution in [0.15, 0.2) is 28.9 Å². The fourth-order valence-corrected chi connectivity index (χ4v) is 2.68. The molecule has 0 unspecified atom stereocenters. The quantitative estimate of drug-likeness (QED) is 0.587. The predicted octanol–water partition coefficient (Wildman–Crippen LogP) is 3.75. The molecule has 0 aliphatic carbocycles. The molecule has 0 atom stereocenters. The van der Waals surface area contributed by atoms with Crippen LogP contribution in [0.1, 0.15) is 29.3 Å². The van der Waals surface area contributed by atoms with Gasteiger partial charge in [0.25, 0.3) is 0 Å². The summed E-state index contributed by atoms with van der Waals surface area (Å²) in [5.41, 5.74) is 2.54. The van der Waals surface area contributed by atoms with E-state index in [1.807, 2.05) is 18.2 Å². The molecule has 0 fully saturated rings. The van der Waals surface area contributed by atoms with Crippen LogP contribution in [0.2, 0.25) is 0 Å². The summed E-state index contributed by atoms with van der Waals surface area (Å²) in [5.74, 6) is -0.341. The number of fused-ring (bicyclic) bond motifs is 1. The molecule has 5 heteroatoms. The number of methoxy groups -OCH3 is 1. The smallest absolute Gasteiger partial charge is 0.339 e. The van der Waals surface area contributed by atoms with Crippen LogP contribution in [0.5, 0.6) is 0 Å². The van der Waals surface area contributed by atoms with Gasteiger partial charge in [-0.25, -0.2) is 4.79 Å². The highest BCUT2D eigenvalue weighted by Crippen LogP contribution is 2.25. The average molecular weight is 352 g/mol. The zero-order valence-electron chi connectivity index (χ0n) is 12.2. The van der Waals surface area contributed by atoms with Crippen LogP contribution in [-0.4, -0.2) is 31.3 Å². The lowest BCUT2D eigenvalue weighted by atomic mass is 10.1. The minimum Gasteiger partial charge on any atom is -0.462 e. The minimum absolute atomic E-state index is 0.341. The van der Waals surface area contributed by atoms with E-state index >= 15 is 0 Å². The molecule has 112 valence electrons. The Morgan fingerprint density at radius 3 is 2.86 bits per heavy atom. The SMILES string of the molecule is CCOC(=O)c1cnc2cc(CCCOC)c(Br)cc2c1. The van der Waals surface area contributed by atoms with E-state index in [-0.39, 0.29) is 5.97 Å². The third kappa shape index (κ3) is 4.02. The molecule has 1 aromatic carbocycles. The standard InChI is InChI=1S/C16H18BrNO3/c1-3-21-16(19)13-7-12-8-14(17)11(5-4-6-20-2)9-15(12)18-10-13/h7-10H,3-6H2,1-2H3. The van der Waals surface area contributed by atoms with Crippen LogP contribution in [-0.2, 0) is 15.9 Å². The predicted molar refractivity (Wildman–Crippen MR) is 85.6 cm³/mol. The van der Waals surface area contributed by atoms with Gasteiger partial charge < -0.3 is 9.47 Å². The van der Waals surface area contributed by atoms with Crippen molar-refractivity contribution in [1.82, 2.24) is 4.98 Å². The maximum Gasteiger partial charge on any atom is 0.339 e. The number of carbonyl (C=O) groups is 1. The van der Waals surface area contributed by atoms with E-state index < -0.39 is 0 Å². The Labute approximate surface area is 132 Å². The Hall–Kier alpha value is -1.46. The molecule has 2 aromatic rings. The van der Waals surface area contributed by atoms with Gasteiger partial charge in [-0.2, -0.15) is 0 Å². The molecule has 0 N–H and O–H groups in total. The molecule has 1 heterocycles. The molecule has 0 aliphatic heterocycles. The van der Waals surface area contributed by atoms with Crippen molar-refractivity contribution in [2.45, 2.75) is 19.8 Å². The molecule has 0 spiro atoms. The van der Waals surface area contributed by atoms with Crippen molar-refractivity contribution in [2.24, 2.45) is 0 Å². The second-order valence-corrected chi connectivity index (χ2v) is 5.53. The molecule has 0 aliphatic rings. The normalized spacial score (nSPS) is 10.8. The molecule has 4 nitrogen and oxygen atoms in total. The highest BCUT2D eigenvalue weighted by atomic mass is 79.9. The number of carbonyl (C=O) groups excluding carboxylic acids is 1. The summed E-state index contributed by atoms with van der Waals surface area (Å²) < 4.78 is 11.1. The average Bonchev–Trinajstić information content (AvgIpc) is 2.47. The van der Waals surface area contributed by atoms with Gasteiger partial charge in [-0.15, -0.1) is 0 Å². The van der Waals surface area contributed by atoms with Gasteiger partial charge in [0.05, 0.1) is 17.7 Å². The first-order valence-electron chi connectivity index (χ1n) is 6.90. The largest absolute Gasteiger partial charge is 0.462 e. The summed E-state index contributed by atoms with van der Waals surface area (Å²) in [6.45, 7) is 2.88. The van der Waals surface area contributed by atoms with Crippen molar-refractivity contribution in [3.05, 3.63) is 40.0 Å². The number of nitrogens with zero attached hydrogens (tertiary/aromatic N) is 1. The Balaban J connectivity index is 2.28. The van der Waals surface area contributed by atoms with Gasteiger partial charge in [-0.1, -0.05) is 15.9 Å². The van der Waals surface area contributed by atoms with Crippen molar-refractivity contribution in [3.63, 3.8) is 0 Å². The van der Waals surface area contributed by atoms with E-state index in [0.717, 1.165) is 34.8 Å². The van der Waals surface area contributed by atoms with Crippen molar-refractivity contribution in [1.29, 1.82) is 0 Å². The third-order valence-electron chi connectivity index (χ3n) is 3.16. The molecule has 0 saturated heterocycles. The van der Waals surface area contributed by atoms with Crippen molar-refractivity contribution in [3.8, 4) is 0 Å². The Morgan fingerprint density at radius 2 is 2.14 bits per heavy atom. The van der Waals surface area contributed by atoms with E-state index in [1.165, 1.54) is 5.56 Å². The van der Waals surface area contributed by atoms with Crippen LogP contribution in [0.3, 0.4) is 0 Å². The summed E-state index contributed by atoms with van der Waals surface area (Å²) >= 11 is 3.58. The van der Waals surface area contributed by atoms with E-state index in [0.29, 0.717) is 12.2 Å². The molecule has 0 saturated carbocycles. The lowest BCUT2D eigenvalue weighted by Crippen LogP contribution is -2.05. The van der Waals surface area contributed by atoms with Gasteiger partial charge in [0.15, 0.2) is 0 Å². The highest BCUT2D eigenvalue weighted by Gasteiger charge is 2.10. The van der Waals surface area contributed by atoms with Gasteiger partial charge in [-0.3, -0.25) is 4.98 Å². The van der Waals surface area contributed by atoms with Gasteiger partial charge in [0.1, 0.15) is 0 Å². The second-order valence-electron chi connectivity index (χ2n) is 4.68. The fourth-order valence-electron chi connectivity index (χ4n) is 2.12. The molecular weight excluding hydrogens is 334 g/mol. The van der Waals surface area contributed by atoms with Crippen LogP contribution >= 0.6 is 15.9 Å². The molecule has 0 amide bonds. The molecular formula is C16H18BrNO3. The first-order valence-corrected chi connectivity index (χ1v) is 7.69. The maximum absolute atomic E-state index is 11.7. The molecule has 1 aromatic heterocycles. The number of esters is 1. The van der Waals surface area contributed by atoms with Crippen molar-refractivity contribution in [2.75, 3.05) is 20.3 Å². The number of halogens is 1. The van der Waals surface area contributed by atoms with Crippen LogP contribution in [0.25, 0.3) is 10.9 Å². The maximum atomic E-state index is 11.7. The topological polar surface area (TPSA) is 48.4 Å². The molecule has 21 heavy (non-hydrogen) atoms. The highest BCUT2D eigenvalue weighted by molar-refractivity contribution is 9.10. The summed E-state index contributed by atoms with van der Waals surface area (Å²) in [6.07, 6.45) is 3.44. The summed E-state index contributed by atoms with van der Waals surface area (Å²) in [7, 11) is 1.70. The van der Waals surface area contributed by atoms with Gasteiger partial charge in [0, 0.05) is 29.8 Å². The zero-order chi connectivity index (χ0) is 15.2. The first-order chi connectivity index (χ1) is 10.2. The van der Waals surface area contributed by atoms with Crippen molar-refractivity contribution >= 4 is 32.8 Å². The molecule has 2 rings (SSSR count). The number of benzene rings is 1. The lowest BCUT2D eigenvalue weighted by Gasteiger charge is -2.08. The number of pyridine rings is 1. The fraction of sp³-hybridized carbons (Fsp3) is 0.375. The summed E-state index contributed by atoms with van der Waals surface area (Å²) in [4.78, 5) is 16.1. The van der Waals surface area contributed by atoms with Gasteiger partial charge in [0.2, 0.25) is 0 Å². The van der Waals surface area contributed by atoms with E-state index in [1.54, 1.807) is 20.2 Å². The van der Waals surface area contributed by atoms with Crippen molar-refractivity contribution < 1.29 is 14.3 Å². The summed E-state index contributed by atoms with van der Waals surface area (Å²) in [5, 5.41) is 0.919. The number of aromatic nitrogens is 1. The number of rotatable bonds is 6. The van der Waals surface area contributed by atoms with Gasteiger partial charge >= 0.3 is 5.97 Å². The minimum atomic E-state index is -0.341. The Bertz CT molecular complexity index is 643. The molecule has 0 bridgehead atoms. The third-order valence-corrected chi connectivity index (χ3v) is 3.89. The van der Waals surface area contributed by atoms with Gasteiger partial charge in [-0.05, 0) is 43.5 Å². The molecule has 0 radical (unpaired) electrons. The number of ether oxygens (including phenoxy) is 2. The van der Waals surface area contributed by atoms with Crippen LogP contribution < -0.4 is 0 Å². The number of aryl methyl sites for hydroxylation is 1. The van der Waals surface area contributed by atoms with E-state index in [4.69, 9.17) is 9.47 Å². The first kappa shape index (κ1) is 15.9. The lowest BCUT2D eigenvalue weighted by molar-refractivity contribution is 0.0526. The summed E-state index contributed by atoms with van der Waals surface area (Å²) in [6, 6.07) is 5.85.